The topological polar surface area (TPSA) is 95.7 Å². The standard InChI is InChI=1S/C21H23N3O5/c1-5-28-16-9-6-14(7-10-16)20(25)22-13(2)21-23-19(24-29-21)15-8-11-17(26-3)18(12-15)27-4/h6-13H,5H2,1-4H3,(H,22,25)/t13-/m0/s1. The van der Waals surface area contributed by atoms with E-state index in [9.17, 15) is 4.79 Å². The third kappa shape index (κ3) is 4.66. The van der Waals surface area contributed by atoms with Gasteiger partial charge in [-0.3, -0.25) is 4.79 Å². The van der Waals surface area contributed by atoms with Crippen LogP contribution in [0.3, 0.4) is 0 Å². The van der Waals surface area contributed by atoms with E-state index < -0.39 is 6.04 Å². The number of nitrogens with zero attached hydrogens (tertiary/aromatic N) is 2. The van der Waals surface area contributed by atoms with Crippen molar-refractivity contribution in [2.24, 2.45) is 0 Å². The third-order valence-electron chi connectivity index (χ3n) is 4.23. The first kappa shape index (κ1) is 20.2. The van der Waals surface area contributed by atoms with Crippen LogP contribution in [-0.4, -0.2) is 36.9 Å². The molecule has 29 heavy (non-hydrogen) atoms. The van der Waals surface area contributed by atoms with Gasteiger partial charge in [0.15, 0.2) is 11.5 Å². The van der Waals surface area contributed by atoms with Gasteiger partial charge in [-0.2, -0.15) is 4.98 Å². The zero-order valence-electron chi connectivity index (χ0n) is 16.8. The molecular weight excluding hydrogens is 374 g/mol. The fraction of sp³-hybridized carbons (Fsp3) is 0.286. The number of benzene rings is 2. The Morgan fingerprint density at radius 3 is 2.48 bits per heavy atom. The molecule has 0 spiro atoms. The summed E-state index contributed by atoms with van der Waals surface area (Å²) in [7, 11) is 3.13. The number of amides is 1. The summed E-state index contributed by atoms with van der Waals surface area (Å²) in [6, 6.07) is 11.8. The maximum absolute atomic E-state index is 12.5. The highest BCUT2D eigenvalue weighted by atomic mass is 16.5. The number of methoxy groups -OCH3 is 2. The molecule has 3 aromatic rings. The van der Waals surface area contributed by atoms with Gasteiger partial charge in [-0.15, -0.1) is 0 Å². The van der Waals surface area contributed by atoms with Crippen molar-refractivity contribution in [1.82, 2.24) is 15.5 Å². The molecule has 1 aromatic heterocycles. The normalized spacial score (nSPS) is 11.6. The third-order valence-corrected chi connectivity index (χ3v) is 4.23. The van der Waals surface area contributed by atoms with Crippen LogP contribution in [0, 0.1) is 0 Å². The fourth-order valence-electron chi connectivity index (χ4n) is 2.71. The van der Waals surface area contributed by atoms with Crippen LogP contribution in [-0.2, 0) is 0 Å². The Kier molecular flexibility index (Phi) is 6.33. The van der Waals surface area contributed by atoms with E-state index in [1.54, 1.807) is 63.6 Å². The van der Waals surface area contributed by atoms with E-state index in [2.05, 4.69) is 15.5 Å². The quantitative estimate of drug-likeness (QED) is 0.620. The van der Waals surface area contributed by atoms with Gasteiger partial charge >= 0.3 is 0 Å². The second-order valence-corrected chi connectivity index (χ2v) is 6.18. The maximum Gasteiger partial charge on any atom is 0.251 e. The lowest BCUT2D eigenvalue weighted by Gasteiger charge is -2.10. The van der Waals surface area contributed by atoms with E-state index >= 15 is 0 Å². The van der Waals surface area contributed by atoms with Gasteiger partial charge in [-0.1, -0.05) is 5.16 Å². The Bertz CT molecular complexity index is 969. The molecule has 1 atom stereocenters. The number of ether oxygens (including phenoxy) is 3. The van der Waals surface area contributed by atoms with E-state index in [4.69, 9.17) is 18.7 Å². The zero-order valence-corrected chi connectivity index (χ0v) is 16.8. The first-order valence-electron chi connectivity index (χ1n) is 9.15. The van der Waals surface area contributed by atoms with Crippen LogP contribution >= 0.6 is 0 Å². The van der Waals surface area contributed by atoms with Gasteiger partial charge in [0.1, 0.15) is 11.8 Å². The number of carbonyl (C=O) groups is 1. The van der Waals surface area contributed by atoms with Crippen molar-refractivity contribution in [3.05, 3.63) is 53.9 Å². The van der Waals surface area contributed by atoms with Crippen LogP contribution in [0.25, 0.3) is 11.4 Å². The number of hydrogen-bond acceptors (Lipinski definition) is 7. The van der Waals surface area contributed by atoms with Gasteiger partial charge in [0.25, 0.3) is 5.91 Å². The van der Waals surface area contributed by atoms with Crippen LogP contribution in [0.1, 0.15) is 36.1 Å². The van der Waals surface area contributed by atoms with Crippen molar-refractivity contribution < 1.29 is 23.5 Å². The fourth-order valence-corrected chi connectivity index (χ4v) is 2.71. The Hall–Kier alpha value is -3.55. The molecule has 0 saturated heterocycles. The summed E-state index contributed by atoms with van der Waals surface area (Å²) in [5.74, 6) is 2.33. The summed E-state index contributed by atoms with van der Waals surface area (Å²) in [6.45, 7) is 4.25. The van der Waals surface area contributed by atoms with E-state index in [1.807, 2.05) is 6.92 Å². The van der Waals surface area contributed by atoms with Crippen molar-refractivity contribution in [3.63, 3.8) is 0 Å². The van der Waals surface area contributed by atoms with Gasteiger partial charge in [0, 0.05) is 11.1 Å². The molecule has 8 heteroatoms. The van der Waals surface area contributed by atoms with Gasteiger partial charge in [-0.25, -0.2) is 0 Å². The Labute approximate surface area is 168 Å². The molecule has 8 nitrogen and oxygen atoms in total. The molecule has 0 radical (unpaired) electrons. The molecule has 0 unspecified atom stereocenters. The molecule has 1 heterocycles. The van der Waals surface area contributed by atoms with Crippen molar-refractivity contribution >= 4 is 5.91 Å². The monoisotopic (exact) mass is 397 g/mol. The molecule has 3 rings (SSSR count). The minimum atomic E-state index is -0.463. The minimum absolute atomic E-state index is 0.244. The van der Waals surface area contributed by atoms with Crippen LogP contribution in [0.15, 0.2) is 47.0 Å². The Morgan fingerprint density at radius 2 is 1.83 bits per heavy atom. The first-order valence-corrected chi connectivity index (χ1v) is 9.15. The molecule has 152 valence electrons. The molecule has 0 aliphatic rings. The van der Waals surface area contributed by atoms with Gasteiger partial charge in [-0.05, 0) is 56.3 Å². The second-order valence-electron chi connectivity index (χ2n) is 6.18. The van der Waals surface area contributed by atoms with E-state index in [-0.39, 0.29) is 5.91 Å². The number of hydrogen-bond donors (Lipinski definition) is 1. The lowest BCUT2D eigenvalue weighted by Crippen LogP contribution is -2.26. The summed E-state index contributed by atoms with van der Waals surface area (Å²) < 4.78 is 21.2. The molecule has 0 aliphatic heterocycles. The average molecular weight is 397 g/mol. The summed E-state index contributed by atoms with van der Waals surface area (Å²) in [5, 5.41) is 6.85. The Morgan fingerprint density at radius 1 is 1.10 bits per heavy atom. The highest BCUT2D eigenvalue weighted by Crippen LogP contribution is 2.31. The second kappa shape index (κ2) is 9.09. The summed E-state index contributed by atoms with van der Waals surface area (Å²) in [6.07, 6.45) is 0. The number of aromatic nitrogens is 2. The highest BCUT2D eigenvalue weighted by Gasteiger charge is 2.19. The molecule has 2 aromatic carbocycles. The molecule has 0 bridgehead atoms. The summed E-state index contributed by atoms with van der Waals surface area (Å²) in [5.41, 5.74) is 1.22. The van der Waals surface area contributed by atoms with Crippen LogP contribution in [0.5, 0.6) is 17.2 Å². The minimum Gasteiger partial charge on any atom is -0.494 e. The molecular formula is C21H23N3O5. The van der Waals surface area contributed by atoms with Crippen molar-refractivity contribution in [3.8, 4) is 28.6 Å². The average Bonchev–Trinajstić information content (AvgIpc) is 3.24. The summed E-state index contributed by atoms with van der Waals surface area (Å²) >= 11 is 0. The smallest absolute Gasteiger partial charge is 0.251 e. The Balaban J connectivity index is 1.70. The van der Waals surface area contributed by atoms with Crippen LogP contribution in [0.2, 0.25) is 0 Å². The lowest BCUT2D eigenvalue weighted by molar-refractivity contribution is 0.0932. The van der Waals surface area contributed by atoms with Gasteiger partial charge in [0.05, 0.1) is 20.8 Å². The van der Waals surface area contributed by atoms with E-state index in [0.717, 1.165) is 0 Å². The highest BCUT2D eigenvalue weighted by molar-refractivity contribution is 5.94. The van der Waals surface area contributed by atoms with Crippen LogP contribution < -0.4 is 19.5 Å². The maximum atomic E-state index is 12.5. The van der Waals surface area contributed by atoms with E-state index in [0.29, 0.717) is 46.7 Å². The van der Waals surface area contributed by atoms with Crippen LogP contribution in [0.4, 0.5) is 0 Å². The SMILES string of the molecule is CCOc1ccc(C(=O)N[C@@H](C)c2nc(-c3ccc(OC)c(OC)c3)no2)cc1. The zero-order chi connectivity index (χ0) is 20.8. The number of carbonyl (C=O) groups excluding carboxylic acids is 1. The lowest BCUT2D eigenvalue weighted by atomic mass is 10.2. The molecule has 0 aliphatic carbocycles. The predicted molar refractivity (Wildman–Crippen MR) is 106 cm³/mol. The van der Waals surface area contributed by atoms with Gasteiger partial charge < -0.3 is 24.1 Å². The van der Waals surface area contributed by atoms with Gasteiger partial charge in [0.2, 0.25) is 11.7 Å². The molecule has 0 fully saturated rings. The number of nitrogens with one attached hydrogen (secondary N) is 1. The van der Waals surface area contributed by atoms with Crippen molar-refractivity contribution in [2.45, 2.75) is 19.9 Å². The van der Waals surface area contributed by atoms with E-state index in [1.165, 1.54) is 0 Å². The largest absolute Gasteiger partial charge is 0.494 e. The molecule has 0 saturated carbocycles. The predicted octanol–water partition coefficient (Wildman–Crippen LogP) is 3.64. The summed E-state index contributed by atoms with van der Waals surface area (Å²) in [4.78, 5) is 16.8. The molecule has 1 amide bonds. The van der Waals surface area contributed by atoms with Crippen molar-refractivity contribution in [1.29, 1.82) is 0 Å². The number of rotatable bonds is 8. The molecule has 1 N–H and O–H groups in total. The first-order chi connectivity index (χ1) is 14.0. The van der Waals surface area contributed by atoms with Crippen molar-refractivity contribution in [2.75, 3.05) is 20.8 Å².